The maximum absolute atomic E-state index is 13.7. The SMILES string of the molecule is COc1csc(C(N)c2cc(C)c(F)cc2F)c1. The van der Waals surface area contributed by atoms with Crippen molar-refractivity contribution in [3.8, 4) is 5.75 Å². The van der Waals surface area contributed by atoms with Crippen LogP contribution in [-0.2, 0) is 0 Å². The molecule has 0 aliphatic carbocycles. The van der Waals surface area contributed by atoms with E-state index < -0.39 is 17.7 Å². The molecular weight excluding hydrogens is 256 g/mol. The standard InChI is InChI=1S/C13H13F2NOS/c1-7-3-9(11(15)5-10(7)14)13(16)12-4-8(17-2)6-18-12/h3-6,13H,16H2,1-2H3. The molecule has 0 saturated carbocycles. The lowest BCUT2D eigenvalue weighted by atomic mass is 10.0. The monoisotopic (exact) mass is 269 g/mol. The van der Waals surface area contributed by atoms with Crippen molar-refractivity contribution in [3.63, 3.8) is 0 Å². The molecule has 0 amide bonds. The Labute approximate surface area is 108 Å². The maximum Gasteiger partial charge on any atom is 0.131 e. The zero-order valence-corrected chi connectivity index (χ0v) is 10.9. The first-order valence-corrected chi connectivity index (χ1v) is 6.24. The third kappa shape index (κ3) is 2.37. The molecule has 0 aliphatic heterocycles. The van der Waals surface area contributed by atoms with Gasteiger partial charge >= 0.3 is 0 Å². The molecule has 1 heterocycles. The molecule has 2 aromatic rings. The van der Waals surface area contributed by atoms with Crippen LogP contribution in [0.15, 0.2) is 23.6 Å². The Morgan fingerprint density at radius 3 is 2.56 bits per heavy atom. The zero-order valence-electron chi connectivity index (χ0n) is 10.0. The normalized spacial score (nSPS) is 12.5. The van der Waals surface area contributed by atoms with E-state index >= 15 is 0 Å². The van der Waals surface area contributed by atoms with Gasteiger partial charge in [0.25, 0.3) is 0 Å². The molecule has 0 aliphatic rings. The van der Waals surface area contributed by atoms with Crippen LogP contribution in [0.1, 0.15) is 22.0 Å². The average Bonchev–Trinajstić information content (AvgIpc) is 2.81. The van der Waals surface area contributed by atoms with Crippen molar-refractivity contribution in [2.45, 2.75) is 13.0 Å². The second-order valence-electron chi connectivity index (χ2n) is 3.99. The number of ether oxygens (including phenoxy) is 1. The molecule has 18 heavy (non-hydrogen) atoms. The summed E-state index contributed by atoms with van der Waals surface area (Å²) in [5.74, 6) is -0.505. The number of hydrogen-bond acceptors (Lipinski definition) is 3. The van der Waals surface area contributed by atoms with Crippen LogP contribution in [0.5, 0.6) is 5.75 Å². The van der Waals surface area contributed by atoms with Gasteiger partial charge in [-0.05, 0) is 24.6 Å². The Morgan fingerprint density at radius 2 is 1.94 bits per heavy atom. The number of rotatable bonds is 3. The summed E-state index contributed by atoms with van der Waals surface area (Å²) in [7, 11) is 1.56. The van der Waals surface area contributed by atoms with Crippen LogP contribution in [0.3, 0.4) is 0 Å². The van der Waals surface area contributed by atoms with Crippen LogP contribution in [0, 0.1) is 18.6 Å². The van der Waals surface area contributed by atoms with E-state index in [-0.39, 0.29) is 0 Å². The molecule has 2 N–H and O–H groups in total. The van der Waals surface area contributed by atoms with Crippen LogP contribution in [0.2, 0.25) is 0 Å². The van der Waals surface area contributed by atoms with Crippen molar-refractivity contribution in [1.82, 2.24) is 0 Å². The first-order valence-electron chi connectivity index (χ1n) is 5.36. The summed E-state index contributed by atoms with van der Waals surface area (Å²) in [6.45, 7) is 1.58. The molecule has 1 unspecified atom stereocenters. The highest BCUT2D eigenvalue weighted by atomic mass is 32.1. The third-order valence-corrected chi connectivity index (χ3v) is 3.75. The number of hydrogen-bond donors (Lipinski definition) is 1. The van der Waals surface area contributed by atoms with Gasteiger partial charge in [0.2, 0.25) is 0 Å². The fraction of sp³-hybridized carbons (Fsp3) is 0.231. The highest BCUT2D eigenvalue weighted by Gasteiger charge is 2.17. The van der Waals surface area contributed by atoms with E-state index in [1.165, 1.54) is 17.4 Å². The predicted molar refractivity (Wildman–Crippen MR) is 68.0 cm³/mol. The van der Waals surface area contributed by atoms with Crippen molar-refractivity contribution in [2.75, 3.05) is 7.11 Å². The van der Waals surface area contributed by atoms with Gasteiger partial charge < -0.3 is 10.5 Å². The summed E-state index contributed by atoms with van der Waals surface area (Å²) in [5, 5.41) is 1.80. The highest BCUT2D eigenvalue weighted by molar-refractivity contribution is 7.10. The van der Waals surface area contributed by atoms with E-state index in [0.717, 1.165) is 10.9 Å². The summed E-state index contributed by atoms with van der Waals surface area (Å²) >= 11 is 1.39. The lowest BCUT2D eigenvalue weighted by Gasteiger charge is -2.12. The van der Waals surface area contributed by atoms with E-state index in [1.54, 1.807) is 25.5 Å². The van der Waals surface area contributed by atoms with Crippen LogP contribution in [0.4, 0.5) is 8.78 Å². The molecule has 2 rings (SSSR count). The predicted octanol–water partition coefficient (Wildman–Crippen LogP) is 3.39. The molecule has 5 heteroatoms. The third-order valence-electron chi connectivity index (χ3n) is 2.75. The topological polar surface area (TPSA) is 35.2 Å². The number of halogens is 2. The Morgan fingerprint density at radius 1 is 1.22 bits per heavy atom. The van der Waals surface area contributed by atoms with Crippen LogP contribution in [-0.4, -0.2) is 7.11 Å². The van der Waals surface area contributed by atoms with Gasteiger partial charge in [-0.25, -0.2) is 8.78 Å². The van der Waals surface area contributed by atoms with Gasteiger partial charge in [-0.15, -0.1) is 11.3 Å². The fourth-order valence-electron chi connectivity index (χ4n) is 1.68. The molecule has 96 valence electrons. The van der Waals surface area contributed by atoms with Crippen LogP contribution in [0.25, 0.3) is 0 Å². The Balaban J connectivity index is 2.39. The smallest absolute Gasteiger partial charge is 0.131 e. The second-order valence-corrected chi connectivity index (χ2v) is 4.93. The van der Waals surface area contributed by atoms with E-state index in [0.29, 0.717) is 16.9 Å². The van der Waals surface area contributed by atoms with E-state index in [9.17, 15) is 8.78 Å². The fourth-order valence-corrected chi connectivity index (χ4v) is 2.55. The van der Waals surface area contributed by atoms with E-state index in [1.807, 2.05) is 0 Å². The maximum atomic E-state index is 13.7. The minimum Gasteiger partial charge on any atom is -0.496 e. The Kier molecular flexibility index (Phi) is 3.63. The van der Waals surface area contributed by atoms with Gasteiger partial charge in [0, 0.05) is 21.9 Å². The quantitative estimate of drug-likeness (QED) is 0.927. The van der Waals surface area contributed by atoms with Gasteiger partial charge in [0.1, 0.15) is 17.4 Å². The van der Waals surface area contributed by atoms with Crippen molar-refractivity contribution >= 4 is 11.3 Å². The number of benzene rings is 1. The molecule has 1 aromatic heterocycles. The van der Waals surface area contributed by atoms with Gasteiger partial charge in [-0.3, -0.25) is 0 Å². The molecule has 0 spiro atoms. The number of methoxy groups -OCH3 is 1. The molecule has 0 radical (unpaired) electrons. The lowest BCUT2D eigenvalue weighted by Crippen LogP contribution is -2.13. The van der Waals surface area contributed by atoms with Gasteiger partial charge in [0.05, 0.1) is 13.2 Å². The van der Waals surface area contributed by atoms with Crippen molar-refractivity contribution in [2.24, 2.45) is 5.73 Å². The zero-order chi connectivity index (χ0) is 13.3. The average molecular weight is 269 g/mol. The van der Waals surface area contributed by atoms with Gasteiger partial charge in [-0.1, -0.05) is 0 Å². The molecule has 0 fully saturated rings. The number of nitrogens with two attached hydrogens (primary N) is 1. The minimum atomic E-state index is -0.627. The van der Waals surface area contributed by atoms with Gasteiger partial charge in [0.15, 0.2) is 0 Å². The van der Waals surface area contributed by atoms with Crippen molar-refractivity contribution in [1.29, 1.82) is 0 Å². The number of aryl methyl sites for hydroxylation is 1. The molecule has 1 aromatic carbocycles. The first-order chi connectivity index (χ1) is 8.52. The summed E-state index contributed by atoms with van der Waals surface area (Å²) < 4.78 is 31.9. The summed E-state index contributed by atoms with van der Waals surface area (Å²) in [6, 6.07) is 3.46. The molecule has 0 saturated heterocycles. The lowest BCUT2D eigenvalue weighted by molar-refractivity contribution is 0.416. The van der Waals surface area contributed by atoms with Gasteiger partial charge in [-0.2, -0.15) is 0 Å². The first kappa shape index (κ1) is 13.0. The number of thiophene rings is 1. The Hall–Kier alpha value is -1.46. The Bertz CT molecular complexity index is 568. The van der Waals surface area contributed by atoms with Crippen molar-refractivity contribution < 1.29 is 13.5 Å². The second kappa shape index (κ2) is 5.04. The van der Waals surface area contributed by atoms with Crippen LogP contribution < -0.4 is 10.5 Å². The molecule has 1 atom stereocenters. The van der Waals surface area contributed by atoms with Crippen molar-refractivity contribution in [3.05, 3.63) is 51.2 Å². The molecule has 0 bridgehead atoms. The minimum absolute atomic E-state index is 0.290. The van der Waals surface area contributed by atoms with E-state index in [4.69, 9.17) is 10.5 Å². The summed E-state index contributed by atoms with van der Waals surface area (Å²) in [4.78, 5) is 0.775. The summed E-state index contributed by atoms with van der Waals surface area (Å²) in [5.41, 5.74) is 6.67. The highest BCUT2D eigenvalue weighted by Crippen LogP contribution is 2.31. The molecular formula is C13H13F2NOS. The summed E-state index contributed by atoms with van der Waals surface area (Å²) in [6.07, 6.45) is 0. The van der Waals surface area contributed by atoms with Crippen LogP contribution >= 0.6 is 11.3 Å². The van der Waals surface area contributed by atoms with E-state index in [2.05, 4.69) is 0 Å². The molecule has 2 nitrogen and oxygen atoms in total. The largest absolute Gasteiger partial charge is 0.496 e.